The first kappa shape index (κ1) is 26.6. The number of carboxylic acids is 1. The Labute approximate surface area is 219 Å². The molecule has 0 aliphatic carbocycles. The highest BCUT2D eigenvalue weighted by molar-refractivity contribution is 6.01. The van der Waals surface area contributed by atoms with Gasteiger partial charge in [-0.15, -0.1) is 0 Å². The summed E-state index contributed by atoms with van der Waals surface area (Å²) in [7, 11) is 0. The van der Waals surface area contributed by atoms with E-state index in [4.69, 9.17) is 4.74 Å². The number of benzene rings is 2. The molecule has 2 heterocycles. The number of carbonyl (C=O) groups excluding carboxylic acids is 2. The molecule has 200 valence electrons. The number of aromatic amines is 1. The fraction of sp³-hybridized carbons (Fsp3) is 0.308. The van der Waals surface area contributed by atoms with E-state index < -0.39 is 23.6 Å². The van der Waals surface area contributed by atoms with Gasteiger partial charge in [-0.05, 0) is 49.3 Å². The summed E-state index contributed by atoms with van der Waals surface area (Å²) in [5.74, 6) is -2.06. The molecule has 0 spiro atoms. The van der Waals surface area contributed by atoms with Crippen LogP contribution in [0.1, 0.15) is 35.2 Å². The van der Waals surface area contributed by atoms with E-state index in [0.717, 1.165) is 17.6 Å². The van der Waals surface area contributed by atoms with Gasteiger partial charge in [0.2, 0.25) is 5.66 Å². The molecule has 1 aromatic heterocycles. The molecule has 0 saturated carbocycles. The van der Waals surface area contributed by atoms with Crippen LogP contribution in [0.3, 0.4) is 0 Å². The van der Waals surface area contributed by atoms with Gasteiger partial charge >= 0.3 is 12.1 Å². The predicted octanol–water partition coefficient (Wildman–Crippen LogP) is 1.75. The van der Waals surface area contributed by atoms with E-state index in [0.29, 0.717) is 24.8 Å². The number of nitrogens with zero attached hydrogens (tertiary/aromatic N) is 1. The number of H-pyrrole nitrogens is 1. The normalized spacial score (nSPS) is 16.3. The molecule has 7 N–H and O–H groups in total. The topological polar surface area (TPSA) is 169 Å². The smallest absolute Gasteiger partial charge is 0.409 e. The number of hydrogen-bond donors (Lipinski definition) is 7. The molecule has 2 amide bonds. The van der Waals surface area contributed by atoms with E-state index in [1.54, 1.807) is 48.7 Å². The molecule has 0 fully saturated rings. The Balaban J connectivity index is 1.43. The average molecular weight is 522 g/mol. The standard InChI is InChI=1S/C26H31N7O5/c34-22(19-9-10-21-20(15-19)16-30-33-21)31-26(23(35)36,11-4-5-12-27-24-28-13-6-14-29-24)32-25(37)38-17-18-7-2-1-3-8-18/h1-3,6-10,13,15-16,24,27-29H,4-5,11-12,14,17H2,(H,30,33)(H,31,34)(H,32,37)(H,35,36). The van der Waals surface area contributed by atoms with Crippen molar-refractivity contribution < 1.29 is 24.2 Å². The highest BCUT2D eigenvalue weighted by Crippen LogP contribution is 2.17. The SMILES string of the molecule is O=C(NC(CCCCNC1NC=CCN1)(NC(=O)c1ccc2[nH]ncc2c1)C(=O)O)OCc1ccccc1. The summed E-state index contributed by atoms with van der Waals surface area (Å²) >= 11 is 0. The van der Waals surface area contributed by atoms with Gasteiger partial charge in [-0.25, -0.2) is 9.59 Å². The van der Waals surface area contributed by atoms with Crippen LogP contribution in [0.2, 0.25) is 0 Å². The van der Waals surface area contributed by atoms with Crippen LogP contribution in [0, 0.1) is 0 Å². The maximum Gasteiger partial charge on any atom is 0.409 e. The zero-order valence-corrected chi connectivity index (χ0v) is 20.7. The summed E-state index contributed by atoms with van der Waals surface area (Å²) in [5, 5.41) is 32.2. The summed E-state index contributed by atoms with van der Waals surface area (Å²) < 4.78 is 5.26. The van der Waals surface area contributed by atoms with Gasteiger partial charge < -0.3 is 20.5 Å². The molecule has 38 heavy (non-hydrogen) atoms. The van der Waals surface area contributed by atoms with Crippen molar-refractivity contribution >= 4 is 28.9 Å². The van der Waals surface area contributed by atoms with Gasteiger partial charge in [-0.2, -0.15) is 5.10 Å². The molecule has 0 radical (unpaired) electrons. The second kappa shape index (κ2) is 12.7. The van der Waals surface area contributed by atoms with Crippen molar-refractivity contribution in [1.29, 1.82) is 0 Å². The van der Waals surface area contributed by atoms with E-state index >= 15 is 0 Å². The lowest BCUT2D eigenvalue weighted by molar-refractivity contribution is -0.146. The van der Waals surface area contributed by atoms with Crippen LogP contribution in [0.5, 0.6) is 0 Å². The van der Waals surface area contributed by atoms with Gasteiger partial charge in [0.1, 0.15) is 12.9 Å². The number of fused-ring (bicyclic) bond motifs is 1. The summed E-state index contributed by atoms with van der Waals surface area (Å²) in [5.41, 5.74) is -0.376. The largest absolute Gasteiger partial charge is 0.478 e. The first-order valence-electron chi connectivity index (χ1n) is 12.3. The Bertz CT molecular complexity index is 1280. The van der Waals surface area contributed by atoms with Crippen molar-refractivity contribution in [1.82, 2.24) is 36.8 Å². The molecule has 4 rings (SSSR count). The van der Waals surface area contributed by atoms with Gasteiger partial charge in [0.25, 0.3) is 5.91 Å². The van der Waals surface area contributed by atoms with Crippen molar-refractivity contribution in [3.05, 3.63) is 78.1 Å². The molecule has 12 nitrogen and oxygen atoms in total. The van der Waals surface area contributed by atoms with Crippen molar-refractivity contribution in [3.63, 3.8) is 0 Å². The number of rotatable bonds is 12. The lowest BCUT2D eigenvalue weighted by Crippen LogP contribution is -2.65. The first-order chi connectivity index (χ1) is 18.4. The Kier molecular flexibility index (Phi) is 8.90. The van der Waals surface area contributed by atoms with Crippen molar-refractivity contribution in [2.24, 2.45) is 0 Å². The van der Waals surface area contributed by atoms with E-state index in [-0.39, 0.29) is 24.9 Å². The molecule has 12 heteroatoms. The van der Waals surface area contributed by atoms with Crippen molar-refractivity contribution in [2.75, 3.05) is 13.1 Å². The van der Waals surface area contributed by atoms with Gasteiger partial charge in [0, 0.05) is 23.9 Å². The fourth-order valence-corrected chi connectivity index (χ4v) is 4.01. The summed E-state index contributed by atoms with van der Waals surface area (Å²) in [4.78, 5) is 38.4. The summed E-state index contributed by atoms with van der Waals surface area (Å²) in [6.07, 6.45) is 5.25. The number of ether oxygens (including phenoxy) is 1. The highest BCUT2D eigenvalue weighted by atomic mass is 16.5. The Hall–Kier alpha value is -4.42. The molecule has 3 aromatic rings. The summed E-state index contributed by atoms with van der Waals surface area (Å²) in [6.45, 7) is 1.27. The second-order valence-corrected chi connectivity index (χ2v) is 8.84. The van der Waals surface area contributed by atoms with Crippen LogP contribution in [-0.2, 0) is 16.1 Å². The average Bonchev–Trinajstić information content (AvgIpc) is 3.41. The number of carboxylic acid groups (broad SMARTS) is 1. The number of unbranched alkanes of at least 4 members (excludes halogenated alkanes) is 1. The fourth-order valence-electron chi connectivity index (χ4n) is 4.01. The Morgan fingerprint density at radius 1 is 1.11 bits per heavy atom. The lowest BCUT2D eigenvalue weighted by atomic mass is 10.0. The first-order valence-corrected chi connectivity index (χ1v) is 12.3. The van der Waals surface area contributed by atoms with Gasteiger partial charge in [-0.3, -0.25) is 25.8 Å². The maximum atomic E-state index is 13.2. The number of nitrogens with one attached hydrogen (secondary N) is 6. The minimum atomic E-state index is -2.08. The lowest BCUT2D eigenvalue weighted by Gasteiger charge is -2.31. The molecule has 0 bridgehead atoms. The number of hydrogen-bond acceptors (Lipinski definition) is 8. The van der Waals surface area contributed by atoms with Crippen LogP contribution in [-0.4, -0.2) is 58.3 Å². The van der Waals surface area contributed by atoms with E-state index in [1.807, 2.05) is 18.3 Å². The van der Waals surface area contributed by atoms with Crippen LogP contribution in [0.4, 0.5) is 4.79 Å². The number of carbonyl (C=O) groups is 3. The minimum Gasteiger partial charge on any atom is -0.478 e. The van der Waals surface area contributed by atoms with E-state index in [9.17, 15) is 19.5 Å². The molecular formula is C26H31N7O5. The molecule has 1 aliphatic rings. The van der Waals surface area contributed by atoms with Crippen molar-refractivity contribution in [2.45, 2.75) is 37.8 Å². The summed E-state index contributed by atoms with van der Waals surface area (Å²) in [6, 6.07) is 13.8. The van der Waals surface area contributed by atoms with Crippen LogP contribution in [0.15, 0.2) is 67.0 Å². The van der Waals surface area contributed by atoms with E-state index in [1.165, 1.54) is 0 Å². The Morgan fingerprint density at radius 2 is 1.95 bits per heavy atom. The highest BCUT2D eigenvalue weighted by Gasteiger charge is 2.42. The number of alkyl carbamates (subject to hydrolysis) is 1. The maximum absolute atomic E-state index is 13.2. The number of aromatic nitrogens is 2. The predicted molar refractivity (Wildman–Crippen MR) is 140 cm³/mol. The third-order valence-electron chi connectivity index (χ3n) is 6.07. The molecule has 2 unspecified atom stereocenters. The Morgan fingerprint density at radius 3 is 2.71 bits per heavy atom. The molecule has 2 aromatic carbocycles. The quantitative estimate of drug-likeness (QED) is 0.139. The van der Waals surface area contributed by atoms with Gasteiger partial charge in [-0.1, -0.05) is 36.4 Å². The van der Waals surface area contributed by atoms with Crippen molar-refractivity contribution in [3.8, 4) is 0 Å². The zero-order valence-electron chi connectivity index (χ0n) is 20.7. The zero-order chi connectivity index (χ0) is 26.8. The molecular weight excluding hydrogens is 490 g/mol. The number of aliphatic carboxylic acids is 1. The van der Waals surface area contributed by atoms with Crippen LogP contribution >= 0.6 is 0 Å². The molecule has 1 aliphatic heterocycles. The van der Waals surface area contributed by atoms with Crippen LogP contribution < -0.4 is 26.6 Å². The second-order valence-electron chi connectivity index (χ2n) is 8.84. The third-order valence-corrected chi connectivity index (χ3v) is 6.07. The minimum absolute atomic E-state index is 0.0484. The van der Waals surface area contributed by atoms with Crippen LogP contribution in [0.25, 0.3) is 10.9 Å². The monoisotopic (exact) mass is 521 g/mol. The third kappa shape index (κ3) is 7.08. The van der Waals surface area contributed by atoms with Gasteiger partial charge in [0.05, 0.1) is 11.7 Å². The van der Waals surface area contributed by atoms with Gasteiger partial charge in [0.15, 0.2) is 0 Å². The van der Waals surface area contributed by atoms with E-state index in [2.05, 4.69) is 36.8 Å². The molecule has 2 atom stereocenters. The molecule has 0 saturated heterocycles. The number of amides is 2.